The van der Waals surface area contributed by atoms with E-state index in [0.29, 0.717) is 0 Å². The summed E-state index contributed by atoms with van der Waals surface area (Å²) in [5.74, 6) is -11.1. The Morgan fingerprint density at radius 1 is 1.16 bits per heavy atom. The second-order valence-electron chi connectivity index (χ2n) is 3.32. The maximum atomic E-state index is 13.6. The molecule has 0 unspecified atom stereocenters. The van der Waals surface area contributed by atoms with Gasteiger partial charge in [0, 0.05) is 0 Å². The molecule has 0 saturated heterocycles. The van der Waals surface area contributed by atoms with Crippen LogP contribution in [0.25, 0.3) is 11.5 Å². The van der Waals surface area contributed by atoms with Crippen molar-refractivity contribution in [3.63, 3.8) is 0 Å². The first-order chi connectivity index (χ1) is 8.84. The number of hydrogen-bond donors (Lipinski definition) is 2. The van der Waals surface area contributed by atoms with E-state index in [0.717, 1.165) is 6.26 Å². The molecule has 100 valence electrons. The van der Waals surface area contributed by atoms with Crippen LogP contribution in [0.3, 0.4) is 0 Å². The molecule has 0 bridgehead atoms. The summed E-state index contributed by atoms with van der Waals surface area (Å²) in [4.78, 5) is 14.3. The van der Waals surface area contributed by atoms with Crippen molar-refractivity contribution in [3.05, 3.63) is 35.1 Å². The number of rotatable bonds is 2. The molecule has 2 rings (SSSR count). The van der Waals surface area contributed by atoms with Crippen molar-refractivity contribution in [1.82, 2.24) is 4.98 Å². The van der Waals surface area contributed by atoms with Crippen LogP contribution in [0.1, 0.15) is 10.4 Å². The minimum atomic E-state index is -2.23. The Morgan fingerprint density at radius 3 is 2.21 bits per heavy atom. The predicted octanol–water partition coefficient (Wildman–Crippen LogP) is 2.88. The standard InChI is InChI=1S/C10H3F4NO3S/c11-5-3(9-15-2(19)1-18-9)4(10(16)17)6(12)8(14)7(5)13/h1,19H,(H,16,17). The third kappa shape index (κ3) is 2.05. The lowest BCUT2D eigenvalue weighted by Crippen LogP contribution is -2.11. The van der Waals surface area contributed by atoms with E-state index in [9.17, 15) is 22.4 Å². The molecule has 0 saturated carbocycles. The first kappa shape index (κ1) is 13.4. The van der Waals surface area contributed by atoms with Gasteiger partial charge in [-0.1, -0.05) is 0 Å². The van der Waals surface area contributed by atoms with Gasteiger partial charge in [0.05, 0.1) is 5.56 Å². The fraction of sp³-hybridized carbons (Fsp3) is 0. The number of thiol groups is 1. The number of benzene rings is 1. The maximum absolute atomic E-state index is 13.6. The average Bonchev–Trinajstić information content (AvgIpc) is 2.76. The molecule has 0 aliphatic carbocycles. The van der Waals surface area contributed by atoms with Gasteiger partial charge in [-0.3, -0.25) is 0 Å². The van der Waals surface area contributed by atoms with Crippen molar-refractivity contribution in [3.8, 4) is 11.5 Å². The van der Waals surface area contributed by atoms with Crippen molar-refractivity contribution in [2.45, 2.75) is 5.03 Å². The van der Waals surface area contributed by atoms with Crippen LogP contribution in [-0.2, 0) is 0 Å². The van der Waals surface area contributed by atoms with Crippen LogP contribution >= 0.6 is 12.6 Å². The summed E-state index contributed by atoms with van der Waals surface area (Å²) >= 11 is 3.71. The van der Waals surface area contributed by atoms with Gasteiger partial charge in [-0.25, -0.2) is 27.3 Å². The van der Waals surface area contributed by atoms with Crippen molar-refractivity contribution >= 4 is 18.6 Å². The highest BCUT2D eigenvalue weighted by Crippen LogP contribution is 2.32. The zero-order valence-electron chi connectivity index (χ0n) is 8.75. The van der Waals surface area contributed by atoms with E-state index >= 15 is 0 Å². The molecule has 2 aromatic rings. The Labute approximate surface area is 108 Å². The molecule has 0 radical (unpaired) electrons. The van der Waals surface area contributed by atoms with Gasteiger partial charge in [-0.15, -0.1) is 12.6 Å². The molecule has 0 fully saturated rings. The Balaban J connectivity index is 2.89. The molecule has 4 nitrogen and oxygen atoms in total. The summed E-state index contributed by atoms with van der Waals surface area (Å²) in [6.45, 7) is 0. The van der Waals surface area contributed by atoms with Crippen molar-refractivity contribution in [1.29, 1.82) is 0 Å². The number of hydrogen-bond acceptors (Lipinski definition) is 4. The lowest BCUT2D eigenvalue weighted by atomic mass is 10.1. The zero-order valence-corrected chi connectivity index (χ0v) is 9.64. The number of carboxylic acids is 1. The van der Waals surface area contributed by atoms with Gasteiger partial charge in [0.1, 0.15) is 16.9 Å². The highest BCUT2D eigenvalue weighted by atomic mass is 32.1. The summed E-state index contributed by atoms with van der Waals surface area (Å²) < 4.78 is 57.7. The van der Waals surface area contributed by atoms with Crippen LogP contribution in [0.4, 0.5) is 17.6 Å². The van der Waals surface area contributed by atoms with Crippen LogP contribution in [0.5, 0.6) is 0 Å². The van der Waals surface area contributed by atoms with Crippen LogP contribution in [-0.4, -0.2) is 16.1 Å². The lowest BCUT2D eigenvalue weighted by molar-refractivity contribution is 0.0690. The maximum Gasteiger partial charge on any atom is 0.339 e. The quantitative estimate of drug-likeness (QED) is 0.387. The Kier molecular flexibility index (Phi) is 3.23. The van der Waals surface area contributed by atoms with E-state index in [1.54, 1.807) is 0 Å². The molecule has 0 amide bonds. The number of aromatic carboxylic acids is 1. The molecule has 1 aromatic carbocycles. The van der Waals surface area contributed by atoms with Gasteiger partial charge in [-0.2, -0.15) is 0 Å². The summed E-state index contributed by atoms with van der Waals surface area (Å²) in [5.41, 5.74) is -2.53. The zero-order chi connectivity index (χ0) is 14.3. The summed E-state index contributed by atoms with van der Waals surface area (Å²) in [5, 5.41) is 8.70. The highest BCUT2D eigenvalue weighted by Gasteiger charge is 2.32. The molecule has 1 heterocycles. The second-order valence-corrected chi connectivity index (χ2v) is 3.78. The molecule has 9 heteroatoms. The molecular weight excluding hydrogens is 290 g/mol. The minimum Gasteiger partial charge on any atom is -0.478 e. The summed E-state index contributed by atoms with van der Waals surface area (Å²) in [6, 6.07) is 0. The summed E-state index contributed by atoms with van der Waals surface area (Å²) in [6.07, 6.45) is 0.892. The third-order valence-electron chi connectivity index (χ3n) is 2.19. The van der Waals surface area contributed by atoms with Crippen molar-refractivity contribution in [2.75, 3.05) is 0 Å². The average molecular weight is 293 g/mol. The monoisotopic (exact) mass is 293 g/mol. The lowest BCUT2D eigenvalue weighted by Gasteiger charge is -2.07. The minimum absolute atomic E-state index is 0.0733. The molecule has 19 heavy (non-hydrogen) atoms. The number of halogens is 4. The predicted molar refractivity (Wildman–Crippen MR) is 56.0 cm³/mol. The molecule has 0 spiro atoms. The van der Waals surface area contributed by atoms with E-state index in [4.69, 9.17) is 5.11 Å². The van der Waals surface area contributed by atoms with Gasteiger partial charge < -0.3 is 9.52 Å². The molecule has 1 aromatic heterocycles. The van der Waals surface area contributed by atoms with E-state index in [1.807, 2.05) is 0 Å². The number of aromatic nitrogens is 1. The van der Waals surface area contributed by atoms with E-state index in [-0.39, 0.29) is 5.03 Å². The molecule has 1 N–H and O–H groups in total. The molecular formula is C10H3F4NO3S. The molecule has 0 aliphatic heterocycles. The smallest absolute Gasteiger partial charge is 0.339 e. The van der Waals surface area contributed by atoms with E-state index in [1.165, 1.54) is 0 Å². The van der Waals surface area contributed by atoms with Gasteiger partial charge in [0.25, 0.3) is 0 Å². The van der Waals surface area contributed by atoms with Crippen LogP contribution < -0.4 is 0 Å². The van der Waals surface area contributed by atoms with E-state index < -0.39 is 46.3 Å². The van der Waals surface area contributed by atoms with Gasteiger partial charge in [-0.05, 0) is 0 Å². The Morgan fingerprint density at radius 2 is 1.74 bits per heavy atom. The normalized spacial score (nSPS) is 10.8. The first-order valence-corrected chi connectivity index (χ1v) is 5.03. The third-order valence-corrected chi connectivity index (χ3v) is 2.39. The van der Waals surface area contributed by atoms with E-state index in [2.05, 4.69) is 22.0 Å². The van der Waals surface area contributed by atoms with Gasteiger partial charge >= 0.3 is 5.97 Å². The van der Waals surface area contributed by atoms with Crippen LogP contribution in [0, 0.1) is 23.3 Å². The second kappa shape index (κ2) is 4.57. The SMILES string of the molecule is O=C(O)c1c(F)c(F)c(F)c(F)c1-c1nc(S)co1. The van der Waals surface area contributed by atoms with Crippen LogP contribution in [0.15, 0.2) is 15.7 Å². The number of oxazole rings is 1. The molecule has 0 atom stereocenters. The van der Waals surface area contributed by atoms with Gasteiger partial charge in [0.2, 0.25) is 5.89 Å². The molecule has 0 aliphatic rings. The summed E-state index contributed by atoms with van der Waals surface area (Å²) in [7, 11) is 0. The Bertz CT molecular complexity index is 686. The Hall–Kier alpha value is -2.03. The van der Waals surface area contributed by atoms with Crippen LogP contribution in [0.2, 0.25) is 0 Å². The highest BCUT2D eigenvalue weighted by molar-refractivity contribution is 7.80. The number of carbonyl (C=O) groups is 1. The first-order valence-electron chi connectivity index (χ1n) is 4.58. The topological polar surface area (TPSA) is 63.3 Å². The largest absolute Gasteiger partial charge is 0.478 e. The van der Waals surface area contributed by atoms with Crippen molar-refractivity contribution < 1.29 is 31.9 Å². The number of nitrogens with zero attached hydrogens (tertiary/aromatic N) is 1. The fourth-order valence-electron chi connectivity index (χ4n) is 1.41. The fourth-order valence-corrected chi connectivity index (χ4v) is 1.56. The van der Waals surface area contributed by atoms with Crippen molar-refractivity contribution in [2.24, 2.45) is 0 Å². The number of carboxylic acid groups (broad SMARTS) is 1. The van der Waals surface area contributed by atoms with Gasteiger partial charge in [0.15, 0.2) is 23.3 Å².